The van der Waals surface area contributed by atoms with E-state index in [1.54, 1.807) is 0 Å². The highest BCUT2D eigenvalue weighted by Crippen LogP contribution is 2.28. The first-order valence-electron chi connectivity index (χ1n) is 7.07. The molecule has 0 aliphatic heterocycles. The predicted octanol–water partition coefficient (Wildman–Crippen LogP) is 4.80. The second-order valence-corrected chi connectivity index (χ2v) is 5.59. The maximum atomic E-state index is 3.67. The van der Waals surface area contributed by atoms with Gasteiger partial charge in [-0.25, -0.2) is 0 Å². The van der Waals surface area contributed by atoms with Gasteiger partial charge in [0.25, 0.3) is 0 Å². The molecule has 1 fully saturated rings. The van der Waals surface area contributed by atoms with Crippen molar-refractivity contribution in [1.82, 2.24) is 0 Å². The van der Waals surface area contributed by atoms with Crippen LogP contribution in [0.2, 0.25) is 0 Å². The van der Waals surface area contributed by atoms with Crippen LogP contribution in [0.4, 0.5) is 5.69 Å². The Morgan fingerprint density at radius 1 is 1.24 bits per heavy atom. The first-order chi connectivity index (χ1) is 8.20. The van der Waals surface area contributed by atoms with Crippen LogP contribution in [-0.2, 0) is 0 Å². The van der Waals surface area contributed by atoms with Crippen molar-refractivity contribution in [3.63, 3.8) is 0 Å². The van der Waals surface area contributed by atoms with Gasteiger partial charge >= 0.3 is 0 Å². The molecule has 3 unspecified atom stereocenters. The van der Waals surface area contributed by atoms with Crippen LogP contribution in [0.15, 0.2) is 24.3 Å². The summed E-state index contributed by atoms with van der Waals surface area (Å²) >= 11 is 0. The number of benzene rings is 1. The monoisotopic (exact) mass is 231 g/mol. The van der Waals surface area contributed by atoms with E-state index in [9.17, 15) is 0 Å². The van der Waals surface area contributed by atoms with Crippen molar-refractivity contribution in [2.75, 3.05) is 5.32 Å². The Balaban J connectivity index is 1.98. The van der Waals surface area contributed by atoms with Crippen LogP contribution in [0.25, 0.3) is 0 Å². The molecule has 0 spiro atoms. The van der Waals surface area contributed by atoms with Crippen molar-refractivity contribution in [2.24, 2.45) is 5.92 Å². The van der Waals surface area contributed by atoms with Gasteiger partial charge in [0, 0.05) is 11.7 Å². The highest BCUT2D eigenvalue weighted by Gasteiger charge is 2.22. The first-order valence-corrected chi connectivity index (χ1v) is 7.07. The zero-order valence-electron chi connectivity index (χ0n) is 11.4. The molecule has 0 amide bonds. The quantitative estimate of drug-likeness (QED) is 0.784. The second-order valence-electron chi connectivity index (χ2n) is 5.59. The average molecular weight is 231 g/mol. The lowest BCUT2D eigenvalue weighted by Gasteiger charge is -2.19. The highest BCUT2D eigenvalue weighted by molar-refractivity contribution is 5.46. The third-order valence-corrected chi connectivity index (χ3v) is 4.31. The normalized spacial score (nSPS) is 25.8. The number of hydrogen-bond acceptors (Lipinski definition) is 1. The summed E-state index contributed by atoms with van der Waals surface area (Å²) in [4.78, 5) is 0. The summed E-state index contributed by atoms with van der Waals surface area (Å²) in [6.45, 7) is 6.90. The average Bonchev–Trinajstić information content (AvgIpc) is 2.75. The van der Waals surface area contributed by atoms with E-state index >= 15 is 0 Å². The minimum atomic E-state index is 0.675. The zero-order chi connectivity index (χ0) is 12.3. The first kappa shape index (κ1) is 12.5. The molecule has 2 rings (SSSR count). The summed E-state index contributed by atoms with van der Waals surface area (Å²) in [6, 6.07) is 9.72. The lowest BCUT2D eigenvalue weighted by molar-refractivity contribution is 0.556. The number of hydrogen-bond donors (Lipinski definition) is 1. The molecule has 0 saturated heterocycles. The van der Waals surface area contributed by atoms with Crippen LogP contribution in [0, 0.1) is 5.92 Å². The molecule has 0 radical (unpaired) electrons. The number of nitrogens with one attached hydrogen (secondary N) is 1. The molecule has 1 heteroatoms. The van der Waals surface area contributed by atoms with E-state index in [4.69, 9.17) is 0 Å². The lowest BCUT2D eigenvalue weighted by atomic mass is 9.98. The fraction of sp³-hybridized carbons (Fsp3) is 0.625. The van der Waals surface area contributed by atoms with Gasteiger partial charge in [-0.05, 0) is 48.8 Å². The molecule has 0 bridgehead atoms. The molecule has 17 heavy (non-hydrogen) atoms. The highest BCUT2D eigenvalue weighted by atomic mass is 14.9. The molecule has 1 saturated carbocycles. The van der Waals surface area contributed by atoms with Crippen molar-refractivity contribution >= 4 is 5.69 Å². The summed E-state index contributed by atoms with van der Waals surface area (Å²) in [5, 5.41) is 3.67. The third-order valence-electron chi connectivity index (χ3n) is 4.31. The molecular formula is C16H25N. The van der Waals surface area contributed by atoms with Gasteiger partial charge in [0.15, 0.2) is 0 Å². The van der Waals surface area contributed by atoms with E-state index in [0.717, 1.165) is 5.92 Å². The standard InChI is InChI=1S/C16H25N/c1-4-12(2)14-8-10-15(11-9-14)17-16-7-5-6-13(16)3/h8-13,16-17H,4-7H2,1-3H3. The summed E-state index contributed by atoms with van der Waals surface area (Å²) in [6.07, 6.45) is 5.30. The minimum Gasteiger partial charge on any atom is -0.382 e. The van der Waals surface area contributed by atoms with Gasteiger partial charge in [0.05, 0.1) is 0 Å². The molecule has 1 nitrogen and oxygen atoms in total. The predicted molar refractivity (Wildman–Crippen MR) is 75.6 cm³/mol. The Morgan fingerprint density at radius 2 is 1.94 bits per heavy atom. The maximum Gasteiger partial charge on any atom is 0.0342 e. The van der Waals surface area contributed by atoms with Crippen molar-refractivity contribution in [3.8, 4) is 0 Å². The number of anilines is 1. The van der Waals surface area contributed by atoms with Crippen LogP contribution in [0.1, 0.15) is 57.9 Å². The SMILES string of the molecule is CCC(C)c1ccc(NC2CCCC2C)cc1. The molecule has 1 aromatic carbocycles. The Morgan fingerprint density at radius 3 is 2.47 bits per heavy atom. The van der Waals surface area contributed by atoms with Gasteiger partial charge < -0.3 is 5.32 Å². The summed E-state index contributed by atoms with van der Waals surface area (Å²) in [5.41, 5.74) is 2.74. The smallest absolute Gasteiger partial charge is 0.0342 e. The molecule has 0 aromatic heterocycles. The second kappa shape index (κ2) is 5.57. The van der Waals surface area contributed by atoms with Gasteiger partial charge in [0.1, 0.15) is 0 Å². The maximum absolute atomic E-state index is 3.67. The van der Waals surface area contributed by atoms with Crippen molar-refractivity contribution in [2.45, 2.75) is 58.4 Å². The van der Waals surface area contributed by atoms with E-state index in [1.165, 1.54) is 36.9 Å². The van der Waals surface area contributed by atoms with E-state index in [2.05, 4.69) is 50.4 Å². The largest absolute Gasteiger partial charge is 0.382 e. The van der Waals surface area contributed by atoms with E-state index in [1.807, 2.05) is 0 Å². The molecular weight excluding hydrogens is 206 g/mol. The van der Waals surface area contributed by atoms with Crippen LogP contribution >= 0.6 is 0 Å². The molecule has 0 heterocycles. The molecule has 1 aromatic rings. The molecule has 1 aliphatic carbocycles. The van der Waals surface area contributed by atoms with Crippen LogP contribution in [0.3, 0.4) is 0 Å². The lowest BCUT2D eigenvalue weighted by Crippen LogP contribution is -2.21. The number of rotatable bonds is 4. The van der Waals surface area contributed by atoms with E-state index < -0.39 is 0 Å². The van der Waals surface area contributed by atoms with Gasteiger partial charge in [0.2, 0.25) is 0 Å². The summed E-state index contributed by atoms with van der Waals surface area (Å²) in [7, 11) is 0. The van der Waals surface area contributed by atoms with Gasteiger partial charge in [-0.2, -0.15) is 0 Å². The van der Waals surface area contributed by atoms with Crippen molar-refractivity contribution < 1.29 is 0 Å². The minimum absolute atomic E-state index is 0.675. The molecule has 94 valence electrons. The topological polar surface area (TPSA) is 12.0 Å². The Labute approximate surface area is 106 Å². The van der Waals surface area contributed by atoms with Gasteiger partial charge in [-0.3, -0.25) is 0 Å². The summed E-state index contributed by atoms with van der Waals surface area (Å²) in [5.74, 6) is 1.50. The fourth-order valence-electron chi connectivity index (χ4n) is 2.72. The van der Waals surface area contributed by atoms with Crippen molar-refractivity contribution in [1.29, 1.82) is 0 Å². The van der Waals surface area contributed by atoms with Gasteiger partial charge in [-0.1, -0.05) is 39.3 Å². The van der Waals surface area contributed by atoms with Crippen LogP contribution in [-0.4, -0.2) is 6.04 Å². The molecule has 3 atom stereocenters. The molecule has 1 N–H and O–H groups in total. The van der Waals surface area contributed by atoms with E-state index in [-0.39, 0.29) is 0 Å². The fourth-order valence-corrected chi connectivity index (χ4v) is 2.72. The van der Waals surface area contributed by atoms with Crippen LogP contribution in [0.5, 0.6) is 0 Å². The van der Waals surface area contributed by atoms with Gasteiger partial charge in [-0.15, -0.1) is 0 Å². The Bertz CT molecular complexity index is 341. The van der Waals surface area contributed by atoms with Crippen molar-refractivity contribution in [3.05, 3.63) is 29.8 Å². The van der Waals surface area contributed by atoms with Crippen LogP contribution < -0.4 is 5.32 Å². The van der Waals surface area contributed by atoms with E-state index in [0.29, 0.717) is 12.0 Å². The zero-order valence-corrected chi connectivity index (χ0v) is 11.4. The molecule has 1 aliphatic rings. The third kappa shape index (κ3) is 3.02. The Hall–Kier alpha value is -0.980. The summed E-state index contributed by atoms with van der Waals surface area (Å²) < 4.78 is 0. The Kier molecular flexibility index (Phi) is 4.09.